The van der Waals surface area contributed by atoms with Gasteiger partial charge in [0.1, 0.15) is 5.76 Å². The first-order valence-corrected chi connectivity index (χ1v) is 4.29. The Hall–Kier alpha value is -0.980. The van der Waals surface area contributed by atoms with Gasteiger partial charge in [0.2, 0.25) is 0 Å². The largest absolute Gasteiger partial charge is 0.497 e. The Labute approximate surface area is 76.4 Å². The van der Waals surface area contributed by atoms with Gasteiger partial charge in [0.15, 0.2) is 0 Å². The van der Waals surface area contributed by atoms with E-state index < -0.39 is 0 Å². The quantitative estimate of drug-likeness (QED) is 0.459. The van der Waals surface area contributed by atoms with Crippen molar-refractivity contribution in [3.8, 4) is 0 Å². The summed E-state index contributed by atoms with van der Waals surface area (Å²) < 4.78 is 4.82. The van der Waals surface area contributed by atoms with E-state index in [9.17, 15) is 0 Å². The molecule has 0 radical (unpaired) electrons. The predicted molar refractivity (Wildman–Crippen MR) is 56.1 cm³/mol. The lowest BCUT2D eigenvalue weighted by Crippen LogP contribution is -1.77. The number of ether oxygens (including phenoxy) is 1. The average molecular weight is 168 g/mol. The first kappa shape index (κ1) is 13.6. The number of hydrogen-bond donors (Lipinski definition) is 0. The Morgan fingerprint density at radius 1 is 1.25 bits per heavy atom. The van der Waals surface area contributed by atoms with Gasteiger partial charge < -0.3 is 4.74 Å². The third-order valence-electron chi connectivity index (χ3n) is 1.22. The zero-order valence-electron chi connectivity index (χ0n) is 8.68. The summed E-state index contributed by atoms with van der Waals surface area (Å²) in [6, 6.07) is 0. The summed E-state index contributed by atoms with van der Waals surface area (Å²) >= 11 is 0. The van der Waals surface area contributed by atoms with Crippen LogP contribution in [0.1, 0.15) is 27.2 Å². The first-order chi connectivity index (χ1) is 5.70. The van der Waals surface area contributed by atoms with Crippen LogP contribution in [-0.4, -0.2) is 7.11 Å². The molecule has 0 bridgehead atoms. The molecule has 0 atom stereocenters. The van der Waals surface area contributed by atoms with Crippen LogP contribution in [-0.2, 0) is 4.74 Å². The lowest BCUT2D eigenvalue weighted by molar-refractivity contribution is 0.309. The zero-order valence-corrected chi connectivity index (χ0v) is 8.68. The van der Waals surface area contributed by atoms with Crippen LogP contribution in [0, 0.1) is 0 Å². The monoisotopic (exact) mass is 168 g/mol. The molecule has 0 aliphatic heterocycles. The standard InChI is InChI=1S/C9H14O.C2H6/c1-5-8(2)6-7-9(3)10-4;1-2/h6-7H,2-3,5H2,1,4H3;1-2H3/b7-6-;. The highest BCUT2D eigenvalue weighted by molar-refractivity contribution is 5.20. The molecule has 1 heteroatoms. The van der Waals surface area contributed by atoms with Gasteiger partial charge in [0.05, 0.1) is 7.11 Å². The van der Waals surface area contributed by atoms with Crippen LogP contribution in [0.25, 0.3) is 0 Å². The maximum atomic E-state index is 4.82. The van der Waals surface area contributed by atoms with E-state index >= 15 is 0 Å². The summed E-state index contributed by atoms with van der Waals surface area (Å²) in [5.74, 6) is 0.662. The molecule has 0 N–H and O–H groups in total. The third-order valence-corrected chi connectivity index (χ3v) is 1.22. The highest BCUT2D eigenvalue weighted by Gasteiger charge is 1.83. The van der Waals surface area contributed by atoms with E-state index in [0.29, 0.717) is 5.76 Å². The van der Waals surface area contributed by atoms with Gasteiger partial charge >= 0.3 is 0 Å². The Morgan fingerprint density at radius 3 is 2.08 bits per heavy atom. The van der Waals surface area contributed by atoms with Crippen LogP contribution in [0.3, 0.4) is 0 Å². The van der Waals surface area contributed by atoms with Crippen LogP contribution >= 0.6 is 0 Å². The molecule has 0 aliphatic carbocycles. The molecule has 0 unspecified atom stereocenters. The third kappa shape index (κ3) is 9.02. The molecule has 0 aromatic rings. The smallest absolute Gasteiger partial charge is 0.111 e. The number of hydrogen-bond acceptors (Lipinski definition) is 1. The second kappa shape index (κ2) is 10.0. The lowest BCUT2D eigenvalue weighted by atomic mass is 10.2. The number of allylic oxidation sites excluding steroid dienone is 3. The van der Waals surface area contributed by atoms with Gasteiger partial charge in [-0.15, -0.1) is 0 Å². The van der Waals surface area contributed by atoms with Crippen molar-refractivity contribution in [2.24, 2.45) is 0 Å². The van der Waals surface area contributed by atoms with Gasteiger partial charge in [-0.3, -0.25) is 0 Å². The summed E-state index contributed by atoms with van der Waals surface area (Å²) in [5.41, 5.74) is 1.08. The minimum atomic E-state index is 0.662. The average Bonchev–Trinajstić information content (AvgIpc) is 2.16. The topological polar surface area (TPSA) is 9.23 Å². The highest BCUT2D eigenvalue weighted by atomic mass is 16.5. The van der Waals surface area contributed by atoms with Gasteiger partial charge in [0.25, 0.3) is 0 Å². The minimum Gasteiger partial charge on any atom is -0.497 e. The molecule has 0 aromatic heterocycles. The molecule has 0 saturated heterocycles. The molecule has 0 rings (SSSR count). The molecule has 0 aliphatic rings. The molecule has 0 fully saturated rings. The maximum absolute atomic E-state index is 4.82. The summed E-state index contributed by atoms with van der Waals surface area (Å²) in [5, 5.41) is 0. The maximum Gasteiger partial charge on any atom is 0.111 e. The molecule has 0 amide bonds. The minimum absolute atomic E-state index is 0.662. The zero-order chi connectivity index (χ0) is 9.98. The highest BCUT2D eigenvalue weighted by Crippen LogP contribution is 2.01. The second-order valence-corrected chi connectivity index (χ2v) is 2.02. The van der Waals surface area contributed by atoms with E-state index in [1.54, 1.807) is 7.11 Å². The Balaban J connectivity index is 0. The van der Waals surface area contributed by atoms with Gasteiger partial charge in [-0.25, -0.2) is 0 Å². The van der Waals surface area contributed by atoms with E-state index in [-0.39, 0.29) is 0 Å². The molecule has 12 heavy (non-hydrogen) atoms. The van der Waals surface area contributed by atoms with E-state index in [2.05, 4.69) is 20.1 Å². The van der Waals surface area contributed by atoms with Gasteiger partial charge in [0, 0.05) is 0 Å². The Kier molecular flexibility index (Phi) is 11.4. The van der Waals surface area contributed by atoms with E-state index in [1.165, 1.54) is 0 Å². The van der Waals surface area contributed by atoms with E-state index in [0.717, 1.165) is 12.0 Å². The van der Waals surface area contributed by atoms with Gasteiger partial charge in [-0.05, 0) is 12.5 Å². The first-order valence-electron chi connectivity index (χ1n) is 4.29. The molecule has 0 heterocycles. The van der Waals surface area contributed by atoms with E-state index in [1.807, 2.05) is 26.0 Å². The van der Waals surface area contributed by atoms with Gasteiger partial charge in [-0.1, -0.05) is 45.6 Å². The van der Waals surface area contributed by atoms with Crippen LogP contribution in [0.2, 0.25) is 0 Å². The molecule has 70 valence electrons. The van der Waals surface area contributed by atoms with Crippen molar-refractivity contribution >= 4 is 0 Å². The van der Waals surface area contributed by atoms with Crippen molar-refractivity contribution in [3.63, 3.8) is 0 Å². The van der Waals surface area contributed by atoms with Crippen LogP contribution in [0.5, 0.6) is 0 Å². The van der Waals surface area contributed by atoms with Crippen LogP contribution in [0.15, 0.2) is 36.6 Å². The van der Waals surface area contributed by atoms with Crippen molar-refractivity contribution in [2.45, 2.75) is 27.2 Å². The Morgan fingerprint density at radius 2 is 1.75 bits per heavy atom. The van der Waals surface area contributed by atoms with Crippen molar-refractivity contribution in [1.29, 1.82) is 0 Å². The number of rotatable bonds is 4. The lowest BCUT2D eigenvalue weighted by Gasteiger charge is -1.95. The molecule has 0 spiro atoms. The molecule has 0 aromatic carbocycles. The SMILES string of the molecule is C=C(/C=C\C(=C)OC)CC.CC. The molecular formula is C11H20O. The van der Waals surface area contributed by atoms with Crippen LogP contribution in [0.4, 0.5) is 0 Å². The summed E-state index contributed by atoms with van der Waals surface area (Å²) in [4.78, 5) is 0. The van der Waals surface area contributed by atoms with Crippen molar-refractivity contribution < 1.29 is 4.74 Å². The van der Waals surface area contributed by atoms with Gasteiger partial charge in [-0.2, -0.15) is 0 Å². The van der Waals surface area contributed by atoms with Crippen LogP contribution < -0.4 is 0 Å². The fourth-order valence-corrected chi connectivity index (χ4v) is 0.397. The predicted octanol–water partition coefficient (Wildman–Crippen LogP) is 3.70. The Bertz CT molecular complexity index is 136. The fourth-order valence-electron chi connectivity index (χ4n) is 0.397. The van der Waals surface area contributed by atoms with E-state index in [4.69, 9.17) is 4.74 Å². The van der Waals surface area contributed by atoms with Crippen molar-refractivity contribution in [3.05, 3.63) is 36.6 Å². The summed E-state index contributed by atoms with van der Waals surface area (Å²) in [6.07, 6.45) is 4.69. The molecule has 0 saturated carbocycles. The summed E-state index contributed by atoms with van der Waals surface area (Å²) in [6.45, 7) is 13.5. The molecule has 1 nitrogen and oxygen atoms in total. The normalized spacial score (nSPS) is 8.67. The van der Waals surface area contributed by atoms with Crippen molar-refractivity contribution in [1.82, 2.24) is 0 Å². The van der Waals surface area contributed by atoms with Crippen molar-refractivity contribution in [2.75, 3.05) is 7.11 Å². The molecular weight excluding hydrogens is 148 g/mol. The fraction of sp³-hybridized carbons (Fsp3) is 0.455. The second-order valence-electron chi connectivity index (χ2n) is 2.02. The number of methoxy groups -OCH3 is 1. The summed E-state index contributed by atoms with van der Waals surface area (Å²) in [7, 11) is 1.60.